The van der Waals surface area contributed by atoms with Gasteiger partial charge in [-0.3, -0.25) is 4.99 Å². The van der Waals surface area contributed by atoms with Gasteiger partial charge in [-0.25, -0.2) is 4.98 Å². The molecule has 0 saturated carbocycles. The quantitative estimate of drug-likeness (QED) is 0.666. The average Bonchev–Trinajstić information content (AvgIpc) is 2.90. The summed E-state index contributed by atoms with van der Waals surface area (Å²) in [6.45, 7) is 6.33. The normalized spacial score (nSPS) is 17.7. The van der Waals surface area contributed by atoms with Crippen molar-refractivity contribution in [2.45, 2.75) is 32.7 Å². The van der Waals surface area contributed by atoms with Crippen molar-refractivity contribution in [1.29, 1.82) is 0 Å². The summed E-state index contributed by atoms with van der Waals surface area (Å²) in [5.74, 6) is 1.81. The Morgan fingerprint density at radius 3 is 2.82 bits per heavy atom. The molecule has 0 aliphatic carbocycles. The third-order valence-electron chi connectivity index (χ3n) is 4.31. The third kappa shape index (κ3) is 5.25. The Hall–Kier alpha value is -1.14. The van der Waals surface area contributed by atoms with Crippen LogP contribution in [-0.2, 0) is 6.54 Å². The van der Waals surface area contributed by atoms with E-state index in [0.29, 0.717) is 0 Å². The van der Waals surface area contributed by atoms with Gasteiger partial charge in [-0.15, -0.1) is 11.3 Å². The Morgan fingerprint density at radius 2 is 2.23 bits per heavy atom. The topological polar surface area (TPSA) is 43.8 Å². The Bertz CT molecular complexity index is 477. The second-order valence-corrected chi connectivity index (χ2v) is 7.29. The highest BCUT2D eigenvalue weighted by Gasteiger charge is 2.16. The molecule has 0 bridgehead atoms. The van der Waals surface area contributed by atoms with Crippen molar-refractivity contribution < 1.29 is 0 Å². The summed E-state index contributed by atoms with van der Waals surface area (Å²) < 4.78 is 0. The maximum Gasteiger partial charge on any atom is 0.193 e. The van der Waals surface area contributed by atoms with Crippen molar-refractivity contribution in [3.63, 3.8) is 0 Å². The Morgan fingerprint density at radius 1 is 1.50 bits per heavy atom. The lowest BCUT2D eigenvalue weighted by atomic mass is 9.94. The number of hydrogen-bond donors (Lipinski definition) is 1. The maximum atomic E-state index is 4.52. The van der Waals surface area contributed by atoms with Crippen molar-refractivity contribution in [2.24, 2.45) is 10.9 Å². The molecule has 0 unspecified atom stereocenters. The summed E-state index contributed by atoms with van der Waals surface area (Å²) in [7, 11) is 6.13. The van der Waals surface area contributed by atoms with Crippen LogP contribution in [0.5, 0.6) is 0 Å². The first-order valence-corrected chi connectivity index (χ1v) is 8.97. The van der Waals surface area contributed by atoms with Crippen molar-refractivity contribution in [3.8, 4) is 0 Å². The van der Waals surface area contributed by atoms with E-state index in [2.05, 4.69) is 44.6 Å². The SMILES string of the molecule is CN=C(NCCC1CCN(C)CC1)N(C)Cc1csc(C)n1. The van der Waals surface area contributed by atoms with E-state index in [0.717, 1.165) is 35.7 Å². The van der Waals surface area contributed by atoms with Gasteiger partial charge in [0.2, 0.25) is 0 Å². The molecular formula is C16H29N5S. The minimum atomic E-state index is 0.804. The zero-order valence-corrected chi connectivity index (χ0v) is 15.1. The zero-order valence-electron chi connectivity index (χ0n) is 14.3. The van der Waals surface area contributed by atoms with E-state index < -0.39 is 0 Å². The molecule has 22 heavy (non-hydrogen) atoms. The molecule has 0 amide bonds. The standard InChI is InChI=1S/C16H29N5S/c1-13-19-15(12-22-13)11-21(4)16(17-2)18-8-5-14-6-9-20(3)10-7-14/h12,14H,5-11H2,1-4H3,(H,17,18). The van der Waals surface area contributed by atoms with Crippen molar-refractivity contribution in [1.82, 2.24) is 20.1 Å². The fourth-order valence-corrected chi connectivity index (χ4v) is 3.53. The van der Waals surface area contributed by atoms with Crippen molar-refractivity contribution in [3.05, 3.63) is 16.1 Å². The molecule has 1 saturated heterocycles. The zero-order chi connectivity index (χ0) is 15.9. The summed E-state index contributed by atoms with van der Waals surface area (Å²) in [5, 5.41) is 6.73. The fourth-order valence-electron chi connectivity index (χ4n) is 2.92. The van der Waals surface area contributed by atoms with Gasteiger partial charge in [0.25, 0.3) is 0 Å². The van der Waals surface area contributed by atoms with Crippen LogP contribution in [0.2, 0.25) is 0 Å². The van der Waals surface area contributed by atoms with E-state index in [-0.39, 0.29) is 0 Å². The maximum absolute atomic E-state index is 4.52. The number of likely N-dealkylation sites (tertiary alicyclic amines) is 1. The first-order chi connectivity index (χ1) is 10.6. The molecule has 124 valence electrons. The Labute approximate surface area is 138 Å². The Kier molecular flexibility index (Phi) is 6.64. The van der Waals surface area contributed by atoms with E-state index >= 15 is 0 Å². The van der Waals surface area contributed by atoms with E-state index in [1.54, 1.807) is 11.3 Å². The summed E-state index contributed by atoms with van der Waals surface area (Å²) in [5.41, 5.74) is 1.11. The summed E-state index contributed by atoms with van der Waals surface area (Å²) >= 11 is 1.70. The first-order valence-electron chi connectivity index (χ1n) is 8.10. The molecule has 0 aromatic carbocycles. The van der Waals surface area contributed by atoms with Crippen molar-refractivity contribution in [2.75, 3.05) is 40.8 Å². The molecule has 6 heteroatoms. The molecular weight excluding hydrogens is 294 g/mol. The number of piperidine rings is 1. The van der Waals surface area contributed by atoms with Gasteiger partial charge >= 0.3 is 0 Å². The first kappa shape index (κ1) is 17.2. The molecule has 5 nitrogen and oxygen atoms in total. The van der Waals surface area contributed by atoms with Crippen LogP contribution >= 0.6 is 11.3 Å². The van der Waals surface area contributed by atoms with Gasteiger partial charge in [0.05, 0.1) is 17.2 Å². The smallest absolute Gasteiger partial charge is 0.193 e. The molecule has 1 aromatic heterocycles. The van der Waals surface area contributed by atoms with Crippen LogP contribution in [0, 0.1) is 12.8 Å². The van der Waals surface area contributed by atoms with Crippen LogP contribution < -0.4 is 5.32 Å². The average molecular weight is 324 g/mol. The van der Waals surface area contributed by atoms with Gasteiger partial charge in [0.15, 0.2) is 5.96 Å². The monoisotopic (exact) mass is 323 g/mol. The predicted octanol–water partition coefficient (Wildman–Crippen LogP) is 2.19. The number of nitrogens with zero attached hydrogens (tertiary/aromatic N) is 4. The number of guanidine groups is 1. The summed E-state index contributed by atoms with van der Waals surface area (Å²) in [6, 6.07) is 0. The fraction of sp³-hybridized carbons (Fsp3) is 0.750. The molecule has 2 rings (SSSR count). The number of aryl methyl sites for hydroxylation is 1. The highest BCUT2D eigenvalue weighted by molar-refractivity contribution is 7.09. The Balaban J connectivity index is 1.72. The van der Waals surface area contributed by atoms with Crippen molar-refractivity contribution >= 4 is 17.3 Å². The molecule has 1 aromatic rings. The van der Waals surface area contributed by atoms with E-state index in [1.165, 1.54) is 32.4 Å². The minimum absolute atomic E-state index is 0.804. The molecule has 1 fully saturated rings. The number of rotatable bonds is 5. The van der Waals surface area contributed by atoms with Gasteiger partial charge in [0.1, 0.15) is 0 Å². The largest absolute Gasteiger partial charge is 0.356 e. The van der Waals surface area contributed by atoms with Crippen LogP contribution in [0.1, 0.15) is 30.0 Å². The van der Waals surface area contributed by atoms with Gasteiger partial charge in [-0.2, -0.15) is 0 Å². The van der Waals surface area contributed by atoms with Crippen LogP contribution in [0.25, 0.3) is 0 Å². The van der Waals surface area contributed by atoms with Gasteiger partial charge in [-0.05, 0) is 52.2 Å². The molecule has 2 heterocycles. The molecule has 1 aliphatic heterocycles. The number of nitrogens with one attached hydrogen (secondary N) is 1. The number of hydrogen-bond acceptors (Lipinski definition) is 4. The predicted molar refractivity (Wildman–Crippen MR) is 94.5 cm³/mol. The van der Waals surface area contributed by atoms with Crippen LogP contribution in [0.4, 0.5) is 0 Å². The molecule has 1 aliphatic rings. The minimum Gasteiger partial charge on any atom is -0.356 e. The van der Waals surface area contributed by atoms with E-state index in [1.807, 2.05) is 14.0 Å². The number of aromatic nitrogens is 1. The number of aliphatic imine (C=N–C) groups is 1. The second kappa shape index (κ2) is 8.48. The highest BCUT2D eigenvalue weighted by Crippen LogP contribution is 2.18. The van der Waals surface area contributed by atoms with Gasteiger partial charge < -0.3 is 15.1 Å². The molecule has 0 spiro atoms. The highest BCUT2D eigenvalue weighted by atomic mass is 32.1. The van der Waals surface area contributed by atoms with Gasteiger partial charge in [0, 0.05) is 26.0 Å². The lowest BCUT2D eigenvalue weighted by molar-refractivity contribution is 0.212. The molecule has 0 radical (unpaired) electrons. The third-order valence-corrected chi connectivity index (χ3v) is 5.14. The lowest BCUT2D eigenvalue weighted by Crippen LogP contribution is -2.40. The van der Waals surface area contributed by atoms with Crippen LogP contribution in [0.3, 0.4) is 0 Å². The van der Waals surface area contributed by atoms with Crippen LogP contribution in [-0.4, -0.2) is 61.5 Å². The van der Waals surface area contributed by atoms with Crippen LogP contribution in [0.15, 0.2) is 10.4 Å². The second-order valence-electron chi connectivity index (χ2n) is 6.22. The summed E-state index contributed by atoms with van der Waals surface area (Å²) in [4.78, 5) is 13.5. The molecule has 0 atom stereocenters. The lowest BCUT2D eigenvalue weighted by Gasteiger charge is -2.29. The number of thiazole rings is 1. The molecule has 1 N–H and O–H groups in total. The van der Waals surface area contributed by atoms with E-state index in [9.17, 15) is 0 Å². The van der Waals surface area contributed by atoms with E-state index in [4.69, 9.17) is 0 Å². The summed E-state index contributed by atoms with van der Waals surface area (Å²) in [6.07, 6.45) is 3.88. The van der Waals surface area contributed by atoms with Gasteiger partial charge in [-0.1, -0.05) is 0 Å².